The summed E-state index contributed by atoms with van der Waals surface area (Å²) in [4.78, 5) is 35.6. The van der Waals surface area contributed by atoms with Gasteiger partial charge in [-0.15, -0.1) is 0 Å². The van der Waals surface area contributed by atoms with Crippen LogP contribution in [-0.4, -0.2) is 43.5 Å². The molecule has 1 aromatic carbocycles. The minimum Gasteiger partial charge on any atom is -0.455 e. The van der Waals surface area contributed by atoms with Gasteiger partial charge in [-0.3, -0.25) is 9.59 Å². The topological polar surface area (TPSA) is 102 Å². The van der Waals surface area contributed by atoms with Crippen molar-refractivity contribution in [3.63, 3.8) is 0 Å². The fourth-order valence-corrected chi connectivity index (χ4v) is 1.93. The molecule has 3 N–H and O–H groups in total. The van der Waals surface area contributed by atoms with E-state index in [0.717, 1.165) is 0 Å². The molecule has 120 valence electrons. The van der Waals surface area contributed by atoms with E-state index in [1.807, 2.05) is 0 Å². The summed E-state index contributed by atoms with van der Waals surface area (Å²) in [5.41, 5.74) is 5.65. The van der Waals surface area contributed by atoms with Gasteiger partial charge < -0.3 is 20.7 Å². The number of likely N-dealkylation sites (N-methyl/N-ethyl adjacent to an activating group) is 1. The van der Waals surface area contributed by atoms with Crippen LogP contribution in [0.3, 0.4) is 0 Å². The van der Waals surface area contributed by atoms with Gasteiger partial charge in [-0.25, -0.2) is 4.79 Å². The van der Waals surface area contributed by atoms with Crippen molar-refractivity contribution in [2.75, 3.05) is 20.7 Å². The SMILES string of the molecule is CN(C)C(=O)COC(=O)C[C@H](NC(N)=O)c1ccccc1Cl. The Labute approximate surface area is 133 Å². The highest BCUT2D eigenvalue weighted by Gasteiger charge is 2.21. The normalized spacial score (nSPS) is 11.4. The van der Waals surface area contributed by atoms with Crippen molar-refractivity contribution in [1.82, 2.24) is 10.2 Å². The van der Waals surface area contributed by atoms with E-state index >= 15 is 0 Å². The Morgan fingerprint density at radius 3 is 2.50 bits per heavy atom. The maximum Gasteiger partial charge on any atom is 0.312 e. The smallest absolute Gasteiger partial charge is 0.312 e. The predicted molar refractivity (Wildman–Crippen MR) is 81.2 cm³/mol. The minimum atomic E-state index is -0.790. The van der Waals surface area contributed by atoms with Gasteiger partial charge in [-0.1, -0.05) is 29.8 Å². The van der Waals surface area contributed by atoms with Crippen molar-refractivity contribution >= 4 is 29.5 Å². The number of primary amides is 1. The predicted octanol–water partition coefficient (Wildman–Crippen LogP) is 1.07. The lowest BCUT2D eigenvalue weighted by Crippen LogP contribution is -2.35. The van der Waals surface area contributed by atoms with E-state index in [1.54, 1.807) is 38.4 Å². The number of ether oxygens (including phenoxy) is 1. The molecule has 0 heterocycles. The average Bonchev–Trinajstić information content (AvgIpc) is 2.44. The molecule has 0 unspecified atom stereocenters. The number of halogens is 1. The highest BCUT2D eigenvalue weighted by atomic mass is 35.5. The number of nitrogens with one attached hydrogen (secondary N) is 1. The molecule has 0 bridgehead atoms. The molecule has 3 amide bonds. The van der Waals surface area contributed by atoms with Gasteiger partial charge in [0.2, 0.25) is 0 Å². The fraction of sp³-hybridized carbons (Fsp3) is 0.357. The van der Waals surface area contributed by atoms with Gasteiger partial charge in [0.05, 0.1) is 12.5 Å². The lowest BCUT2D eigenvalue weighted by Gasteiger charge is -2.18. The van der Waals surface area contributed by atoms with Crippen LogP contribution >= 0.6 is 11.6 Å². The molecular weight excluding hydrogens is 310 g/mol. The van der Waals surface area contributed by atoms with E-state index in [9.17, 15) is 14.4 Å². The number of carbonyl (C=O) groups is 3. The van der Waals surface area contributed by atoms with Crippen molar-refractivity contribution in [3.8, 4) is 0 Å². The van der Waals surface area contributed by atoms with Crippen LogP contribution < -0.4 is 11.1 Å². The third kappa shape index (κ3) is 5.61. The molecule has 0 radical (unpaired) electrons. The van der Waals surface area contributed by atoms with Crippen LogP contribution in [0.15, 0.2) is 24.3 Å². The number of rotatable bonds is 6. The summed E-state index contributed by atoms with van der Waals surface area (Å²) in [5, 5.41) is 2.82. The van der Waals surface area contributed by atoms with E-state index in [-0.39, 0.29) is 18.9 Å². The van der Waals surface area contributed by atoms with E-state index < -0.39 is 18.0 Å². The molecule has 0 fully saturated rings. The van der Waals surface area contributed by atoms with Crippen molar-refractivity contribution in [2.24, 2.45) is 5.73 Å². The number of nitrogens with two attached hydrogens (primary N) is 1. The third-order valence-corrected chi connectivity index (χ3v) is 3.17. The third-order valence-electron chi connectivity index (χ3n) is 2.82. The van der Waals surface area contributed by atoms with Gasteiger partial charge in [-0.2, -0.15) is 0 Å². The Kier molecular flexibility index (Phi) is 6.65. The van der Waals surface area contributed by atoms with Gasteiger partial charge in [0.15, 0.2) is 6.61 Å². The van der Waals surface area contributed by atoms with Crippen molar-refractivity contribution in [3.05, 3.63) is 34.9 Å². The lowest BCUT2D eigenvalue weighted by molar-refractivity contribution is -0.151. The van der Waals surface area contributed by atoms with Crippen LogP contribution in [0.2, 0.25) is 5.02 Å². The molecule has 8 heteroatoms. The second kappa shape index (κ2) is 8.23. The van der Waals surface area contributed by atoms with E-state index in [4.69, 9.17) is 22.1 Å². The monoisotopic (exact) mass is 327 g/mol. The lowest BCUT2D eigenvalue weighted by atomic mass is 10.0. The number of hydrogen-bond donors (Lipinski definition) is 2. The Bertz CT molecular complexity index is 563. The first-order valence-corrected chi connectivity index (χ1v) is 6.85. The summed E-state index contributed by atoms with van der Waals surface area (Å²) >= 11 is 6.05. The minimum absolute atomic E-state index is 0.187. The Hall–Kier alpha value is -2.28. The van der Waals surface area contributed by atoms with Crippen LogP contribution in [0.4, 0.5) is 4.79 Å². The van der Waals surface area contributed by atoms with Gasteiger partial charge in [0.1, 0.15) is 0 Å². The average molecular weight is 328 g/mol. The van der Waals surface area contributed by atoms with Crippen molar-refractivity contribution in [1.29, 1.82) is 0 Å². The van der Waals surface area contributed by atoms with Gasteiger partial charge in [0.25, 0.3) is 5.91 Å². The zero-order valence-electron chi connectivity index (χ0n) is 12.3. The molecule has 0 aliphatic heterocycles. The number of carbonyl (C=O) groups excluding carboxylic acids is 3. The Balaban J connectivity index is 2.74. The number of nitrogens with zero attached hydrogens (tertiary/aromatic N) is 1. The number of amides is 3. The summed E-state index contributed by atoms with van der Waals surface area (Å²) < 4.78 is 4.87. The molecule has 7 nitrogen and oxygen atoms in total. The maximum atomic E-state index is 11.8. The second-order valence-corrected chi connectivity index (χ2v) is 5.14. The highest BCUT2D eigenvalue weighted by molar-refractivity contribution is 6.31. The molecule has 1 aromatic rings. The molecule has 22 heavy (non-hydrogen) atoms. The molecule has 1 rings (SSSR count). The quantitative estimate of drug-likeness (QED) is 0.763. The van der Waals surface area contributed by atoms with Crippen LogP contribution in [-0.2, 0) is 14.3 Å². The fourth-order valence-electron chi connectivity index (χ4n) is 1.67. The summed E-state index contributed by atoms with van der Waals surface area (Å²) in [7, 11) is 3.11. The number of hydrogen-bond acceptors (Lipinski definition) is 4. The van der Waals surface area contributed by atoms with Crippen LogP contribution in [0, 0.1) is 0 Å². The van der Waals surface area contributed by atoms with Crippen LogP contribution in [0.25, 0.3) is 0 Å². The van der Waals surface area contributed by atoms with Gasteiger partial charge in [0, 0.05) is 19.1 Å². The molecule has 0 aromatic heterocycles. The van der Waals surface area contributed by atoms with Crippen molar-refractivity contribution < 1.29 is 19.1 Å². The zero-order chi connectivity index (χ0) is 16.7. The van der Waals surface area contributed by atoms with Gasteiger partial charge in [-0.05, 0) is 11.6 Å². The number of esters is 1. The van der Waals surface area contributed by atoms with Crippen LogP contribution in [0.1, 0.15) is 18.0 Å². The summed E-state index contributed by atoms with van der Waals surface area (Å²) in [6.07, 6.45) is -0.187. The molecule has 0 saturated carbocycles. The van der Waals surface area contributed by atoms with Crippen molar-refractivity contribution in [2.45, 2.75) is 12.5 Å². The largest absolute Gasteiger partial charge is 0.455 e. The standard InChI is InChI=1S/C14H18ClN3O4/c1-18(2)12(19)8-22-13(20)7-11(17-14(16)21)9-5-3-4-6-10(9)15/h3-6,11H,7-8H2,1-2H3,(H3,16,17,21)/t11-/m0/s1. The molecule has 0 aliphatic carbocycles. The number of urea groups is 1. The van der Waals surface area contributed by atoms with E-state index in [1.165, 1.54) is 4.90 Å². The second-order valence-electron chi connectivity index (χ2n) is 4.74. The summed E-state index contributed by atoms with van der Waals surface area (Å²) in [6, 6.07) is 5.23. The van der Waals surface area contributed by atoms with Crippen LogP contribution in [0.5, 0.6) is 0 Å². The Morgan fingerprint density at radius 1 is 1.32 bits per heavy atom. The number of benzene rings is 1. The Morgan fingerprint density at radius 2 is 1.95 bits per heavy atom. The molecular formula is C14H18ClN3O4. The first-order chi connectivity index (χ1) is 10.3. The van der Waals surface area contributed by atoms with Gasteiger partial charge >= 0.3 is 12.0 Å². The molecule has 0 saturated heterocycles. The van der Waals surface area contributed by atoms with E-state index in [2.05, 4.69) is 5.32 Å². The molecule has 0 aliphatic rings. The van der Waals surface area contributed by atoms with E-state index in [0.29, 0.717) is 10.6 Å². The zero-order valence-corrected chi connectivity index (χ0v) is 13.1. The maximum absolute atomic E-state index is 11.8. The summed E-state index contributed by atoms with van der Waals surface area (Å²) in [5.74, 6) is -0.987. The molecule has 1 atom stereocenters. The first-order valence-electron chi connectivity index (χ1n) is 6.47. The first kappa shape index (κ1) is 17.8. The molecule has 0 spiro atoms. The summed E-state index contributed by atoms with van der Waals surface area (Å²) in [6.45, 7) is -0.363. The highest BCUT2D eigenvalue weighted by Crippen LogP contribution is 2.25.